The van der Waals surface area contributed by atoms with Gasteiger partial charge < -0.3 is 14.9 Å². The van der Waals surface area contributed by atoms with E-state index in [1.807, 2.05) is 39.0 Å². The number of aryl methyl sites for hydroxylation is 1. The number of ether oxygens (including phenoxy) is 1. The van der Waals surface area contributed by atoms with Crippen molar-refractivity contribution in [3.05, 3.63) is 46.6 Å². The van der Waals surface area contributed by atoms with Gasteiger partial charge in [0.1, 0.15) is 5.60 Å². The van der Waals surface area contributed by atoms with Crippen LogP contribution in [-0.2, 0) is 11.2 Å². The third-order valence-corrected chi connectivity index (χ3v) is 5.83. The summed E-state index contributed by atoms with van der Waals surface area (Å²) in [6, 6.07) is 5.57. The van der Waals surface area contributed by atoms with Gasteiger partial charge in [0.15, 0.2) is 11.5 Å². The summed E-state index contributed by atoms with van der Waals surface area (Å²) in [5, 5.41) is 19.6. The van der Waals surface area contributed by atoms with Gasteiger partial charge in [-0.1, -0.05) is 17.7 Å². The van der Waals surface area contributed by atoms with E-state index in [2.05, 4.69) is 18.7 Å². The quantitative estimate of drug-likeness (QED) is 0.726. The van der Waals surface area contributed by atoms with Crippen molar-refractivity contribution in [1.82, 2.24) is 4.90 Å². The minimum Gasteiger partial charge on any atom is -0.504 e. The highest BCUT2D eigenvalue weighted by Gasteiger charge is 2.36. The van der Waals surface area contributed by atoms with E-state index in [0.717, 1.165) is 43.4 Å². The van der Waals surface area contributed by atoms with Crippen LogP contribution in [0.3, 0.4) is 0 Å². The third-order valence-electron chi connectivity index (χ3n) is 5.83. The number of hydrogen-bond acceptors (Lipinski definition) is 4. The van der Waals surface area contributed by atoms with E-state index in [4.69, 9.17) is 4.74 Å². The molecule has 0 fully saturated rings. The van der Waals surface area contributed by atoms with Crippen LogP contribution in [0.1, 0.15) is 59.4 Å². The number of carbonyl (C=O) groups is 1. The number of phenols is 1. The van der Waals surface area contributed by atoms with Gasteiger partial charge in [-0.25, -0.2) is 4.79 Å². The molecule has 1 aliphatic carbocycles. The molecule has 1 heterocycles. The fourth-order valence-electron chi connectivity index (χ4n) is 4.08. The Hall–Kier alpha value is -2.27. The molecule has 3 rings (SSSR count). The van der Waals surface area contributed by atoms with Gasteiger partial charge in [0.05, 0.1) is 5.57 Å². The first-order valence-electron chi connectivity index (χ1n) is 10.4. The zero-order chi connectivity index (χ0) is 21.4. The van der Waals surface area contributed by atoms with Gasteiger partial charge in [0.25, 0.3) is 0 Å². The second-order valence-electron chi connectivity index (χ2n) is 9.73. The van der Waals surface area contributed by atoms with Gasteiger partial charge in [-0.05, 0) is 83.6 Å². The molecule has 5 nitrogen and oxygen atoms in total. The van der Waals surface area contributed by atoms with Crippen LogP contribution in [0.4, 0.5) is 0 Å². The molecule has 0 saturated carbocycles. The summed E-state index contributed by atoms with van der Waals surface area (Å²) in [5.74, 6) is -0.137. The number of aliphatic carboxylic acids is 1. The van der Waals surface area contributed by atoms with Crippen molar-refractivity contribution in [3.8, 4) is 11.5 Å². The van der Waals surface area contributed by atoms with Crippen molar-refractivity contribution in [3.63, 3.8) is 0 Å². The SMILES string of the molecule is CC(C)(C)Oc1cc(CCC(C)(C)N2CC3=C(C2)C(C(=O)O)=CCC3)ccc1O. The molecule has 0 saturated heterocycles. The highest BCUT2D eigenvalue weighted by Crippen LogP contribution is 2.37. The highest BCUT2D eigenvalue weighted by molar-refractivity contribution is 5.92. The lowest BCUT2D eigenvalue weighted by Gasteiger charge is -2.36. The van der Waals surface area contributed by atoms with Crippen molar-refractivity contribution in [2.45, 2.75) is 71.4 Å². The monoisotopic (exact) mass is 399 g/mol. The highest BCUT2D eigenvalue weighted by atomic mass is 16.5. The van der Waals surface area contributed by atoms with E-state index in [-0.39, 0.29) is 16.9 Å². The van der Waals surface area contributed by atoms with Crippen LogP contribution < -0.4 is 4.74 Å². The van der Waals surface area contributed by atoms with Crippen LogP contribution in [-0.4, -0.2) is 45.3 Å². The van der Waals surface area contributed by atoms with Crippen LogP contribution in [0.5, 0.6) is 11.5 Å². The summed E-state index contributed by atoms with van der Waals surface area (Å²) in [4.78, 5) is 14.0. The maximum absolute atomic E-state index is 11.6. The number of rotatable bonds is 6. The minimum atomic E-state index is -0.813. The number of carboxylic acid groups (broad SMARTS) is 1. The Morgan fingerprint density at radius 1 is 1.17 bits per heavy atom. The van der Waals surface area contributed by atoms with Gasteiger partial charge in [0, 0.05) is 18.6 Å². The molecule has 0 bridgehead atoms. The standard InChI is InChI=1S/C24H33NO4/c1-23(2,3)29-21-13-16(9-10-20(21)26)11-12-24(4,5)25-14-17-7-6-8-18(22(27)28)19(17)15-25/h8-10,13,26H,6-7,11-12,14-15H2,1-5H3,(H,27,28). The molecule has 0 amide bonds. The van der Waals surface area contributed by atoms with Crippen LogP contribution in [0.2, 0.25) is 0 Å². The van der Waals surface area contributed by atoms with Crippen molar-refractivity contribution < 1.29 is 19.7 Å². The van der Waals surface area contributed by atoms with E-state index in [1.54, 1.807) is 6.07 Å². The van der Waals surface area contributed by atoms with E-state index in [0.29, 0.717) is 17.9 Å². The molecule has 1 aromatic rings. The molecule has 29 heavy (non-hydrogen) atoms. The third kappa shape index (κ3) is 5.02. The van der Waals surface area contributed by atoms with E-state index >= 15 is 0 Å². The molecule has 0 spiro atoms. The molecule has 0 radical (unpaired) electrons. The molecule has 1 aromatic carbocycles. The minimum absolute atomic E-state index is 0.0656. The average molecular weight is 400 g/mol. The van der Waals surface area contributed by atoms with E-state index in [1.165, 1.54) is 5.57 Å². The zero-order valence-electron chi connectivity index (χ0n) is 18.2. The molecular formula is C24H33NO4. The Kier molecular flexibility index (Phi) is 5.81. The Morgan fingerprint density at radius 3 is 2.55 bits per heavy atom. The fourth-order valence-corrected chi connectivity index (χ4v) is 4.08. The fraction of sp³-hybridized carbons (Fsp3) is 0.542. The first-order valence-corrected chi connectivity index (χ1v) is 10.4. The predicted octanol–water partition coefficient (Wildman–Crippen LogP) is 4.70. The Bertz CT molecular complexity index is 858. The topological polar surface area (TPSA) is 70.0 Å². The van der Waals surface area contributed by atoms with Crippen LogP contribution in [0.25, 0.3) is 0 Å². The normalized spacial score (nSPS) is 17.9. The second-order valence-corrected chi connectivity index (χ2v) is 9.73. The van der Waals surface area contributed by atoms with E-state index < -0.39 is 5.97 Å². The second kappa shape index (κ2) is 7.86. The lowest BCUT2D eigenvalue weighted by Crippen LogP contribution is -2.43. The van der Waals surface area contributed by atoms with Crippen LogP contribution in [0, 0.1) is 0 Å². The Labute approximate surface area is 173 Å². The summed E-state index contributed by atoms with van der Waals surface area (Å²) >= 11 is 0. The summed E-state index contributed by atoms with van der Waals surface area (Å²) in [7, 11) is 0. The molecule has 2 aliphatic rings. The number of benzene rings is 1. The number of aromatic hydroxyl groups is 1. The number of phenolic OH excluding ortho intramolecular Hbond substituents is 1. The van der Waals surface area contributed by atoms with Crippen LogP contribution >= 0.6 is 0 Å². The Morgan fingerprint density at radius 2 is 1.90 bits per heavy atom. The van der Waals surface area contributed by atoms with Crippen LogP contribution in [0.15, 0.2) is 41.0 Å². The van der Waals surface area contributed by atoms with Gasteiger partial charge in [0.2, 0.25) is 0 Å². The molecule has 2 N–H and O–H groups in total. The lowest BCUT2D eigenvalue weighted by molar-refractivity contribution is -0.132. The molecule has 0 unspecified atom stereocenters. The molecular weight excluding hydrogens is 366 g/mol. The summed E-state index contributed by atoms with van der Waals surface area (Å²) < 4.78 is 5.87. The molecule has 158 valence electrons. The average Bonchev–Trinajstić information content (AvgIpc) is 3.06. The van der Waals surface area contributed by atoms with Crippen molar-refractivity contribution in [2.75, 3.05) is 13.1 Å². The Balaban J connectivity index is 1.66. The van der Waals surface area contributed by atoms with Gasteiger partial charge in [-0.3, -0.25) is 4.90 Å². The molecule has 5 heteroatoms. The molecule has 0 aromatic heterocycles. The van der Waals surface area contributed by atoms with E-state index in [9.17, 15) is 15.0 Å². The first kappa shape index (κ1) is 21.4. The first-order chi connectivity index (χ1) is 13.5. The zero-order valence-corrected chi connectivity index (χ0v) is 18.2. The van der Waals surface area contributed by atoms with Crippen molar-refractivity contribution in [1.29, 1.82) is 0 Å². The van der Waals surface area contributed by atoms with Gasteiger partial charge in [-0.15, -0.1) is 0 Å². The lowest BCUT2D eigenvalue weighted by atomic mass is 9.93. The number of hydrogen-bond donors (Lipinski definition) is 2. The number of carboxylic acids is 1. The van der Waals surface area contributed by atoms with Gasteiger partial charge >= 0.3 is 5.97 Å². The smallest absolute Gasteiger partial charge is 0.335 e. The maximum atomic E-state index is 11.6. The van der Waals surface area contributed by atoms with Crippen molar-refractivity contribution >= 4 is 5.97 Å². The summed E-state index contributed by atoms with van der Waals surface area (Å²) in [6.07, 6.45) is 5.43. The van der Waals surface area contributed by atoms with Gasteiger partial charge in [-0.2, -0.15) is 0 Å². The maximum Gasteiger partial charge on any atom is 0.335 e. The molecule has 0 atom stereocenters. The number of allylic oxidation sites excluding steroid dienone is 1. The number of nitrogens with zero attached hydrogens (tertiary/aromatic N) is 1. The summed E-state index contributed by atoms with van der Waals surface area (Å²) in [6.45, 7) is 11.9. The van der Waals surface area contributed by atoms with Crippen molar-refractivity contribution in [2.24, 2.45) is 0 Å². The molecule has 1 aliphatic heterocycles. The summed E-state index contributed by atoms with van der Waals surface area (Å²) in [5.41, 5.74) is 3.48. The largest absolute Gasteiger partial charge is 0.504 e. The predicted molar refractivity (Wildman–Crippen MR) is 114 cm³/mol.